The molecule has 1 saturated heterocycles. The molecule has 0 aromatic rings. The Labute approximate surface area is 143 Å². The molecule has 6 heteroatoms. The van der Waals surface area contributed by atoms with E-state index in [1.165, 1.54) is 0 Å². The number of hydrogen-bond acceptors (Lipinski definition) is 4. The van der Waals surface area contributed by atoms with Crippen molar-refractivity contribution in [1.82, 2.24) is 9.80 Å². The second kappa shape index (κ2) is 7.53. The Morgan fingerprint density at radius 3 is 1.96 bits per heavy atom. The van der Waals surface area contributed by atoms with Gasteiger partial charge in [-0.2, -0.15) is 0 Å². The van der Waals surface area contributed by atoms with Crippen LogP contribution in [0, 0.1) is 0 Å². The number of hydrogen-bond donors (Lipinski definition) is 0. The van der Waals surface area contributed by atoms with E-state index in [0.717, 1.165) is 39.3 Å². The summed E-state index contributed by atoms with van der Waals surface area (Å²) in [5.74, 6) is 0. The molecule has 0 aromatic heterocycles. The summed E-state index contributed by atoms with van der Waals surface area (Å²) in [6.07, 6.45) is -0.199. The predicted molar refractivity (Wildman–Crippen MR) is 97.4 cm³/mol. The van der Waals surface area contributed by atoms with Crippen LogP contribution >= 0.6 is 0 Å². The van der Waals surface area contributed by atoms with Crippen LogP contribution in [0.3, 0.4) is 0 Å². The van der Waals surface area contributed by atoms with Crippen LogP contribution in [0.4, 0.5) is 4.79 Å². The van der Waals surface area contributed by atoms with Crippen molar-refractivity contribution in [2.75, 3.05) is 39.3 Å². The fourth-order valence-corrected chi connectivity index (χ4v) is 3.16. The van der Waals surface area contributed by atoms with Gasteiger partial charge in [-0.3, -0.25) is 4.90 Å². The molecule has 1 aliphatic rings. The first-order valence-corrected chi connectivity index (χ1v) is 11.6. The lowest BCUT2D eigenvalue weighted by molar-refractivity contribution is 0.0136. The Hall–Kier alpha value is -0.593. The number of piperazine rings is 1. The van der Waals surface area contributed by atoms with E-state index in [0.29, 0.717) is 0 Å². The molecule has 23 heavy (non-hydrogen) atoms. The van der Waals surface area contributed by atoms with E-state index >= 15 is 0 Å². The van der Waals surface area contributed by atoms with Crippen molar-refractivity contribution >= 4 is 14.4 Å². The van der Waals surface area contributed by atoms with Crippen molar-refractivity contribution in [1.29, 1.82) is 0 Å². The highest BCUT2D eigenvalue weighted by molar-refractivity contribution is 6.74. The minimum atomic E-state index is -1.66. The molecule has 0 radical (unpaired) electrons. The van der Waals surface area contributed by atoms with Gasteiger partial charge in [-0.15, -0.1) is 0 Å². The summed E-state index contributed by atoms with van der Waals surface area (Å²) in [5.41, 5.74) is -0.425. The van der Waals surface area contributed by atoms with Crippen LogP contribution in [-0.4, -0.2) is 69.1 Å². The Bertz CT molecular complexity index is 392. The van der Waals surface area contributed by atoms with E-state index in [2.05, 4.69) is 38.8 Å². The van der Waals surface area contributed by atoms with Gasteiger partial charge in [0.2, 0.25) is 0 Å². The molecule has 136 valence electrons. The monoisotopic (exact) mass is 344 g/mol. The molecule has 0 atom stereocenters. The summed E-state index contributed by atoms with van der Waals surface area (Å²) in [6, 6.07) is 0. The molecule has 0 saturated carbocycles. The third-order valence-electron chi connectivity index (χ3n) is 4.70. The van der Waals surface area contributed by atoms with E-state index in [1.807, 2.05) is 20.8 Å². The first-order valence-electron chi connectivity index (χ1n) is 8.66. The highest BCUT2D eigenvalue weighted by atomic mass is 28.4. The van der Waals surface area contributed by atoms with Gasteiger partial charge in [-0.25, -0.2) is 4.79 Å². The van der Waals surface area contributed by atoms with E-state index in [-0.39, 0.29) is 11.1 Å². The van der Waals surface area contributed by atoms with Gasteiger partial charge in [-0.05, 0) is 38.9 Å². The predicted octanol–water partition coefficient (Wildman–Crippen LogP) is 3.56. The van der Waals surface area contributed by atoms with Crippen LogP contribution in [-0.2, 0) is 9.16 Å². The van der Waals surface area contributed by atoms with Crippen molar-refractivity contribution in [3.05, 3.63) is 0 Å². The first kappa shape index (κ1) is 20.5. The molecule has 1 amide bonds. The van der Waals surface area contributed by atoms with Crippen LogP contribution in [0.1, 0.15) is 41.5 Å². The van der Waals surface area contributed by atoms with Gasteiger partial charge in [0.15, 0.2) is 8.32 Å². The highest BCUT2D eigenvalue weighted by Gasteiger charge is 2.37. The van der Waals surface area contributed by atoms with E-state index < -0.39 is 13.9 Å². The summed E-state index contributed by atoms with van der Waals surface area (Å²) in [7, 11) is -1.66. The minimum absolute atomic E-state index is 0.199. The standard InChI is InChI=1S/C17H36N2O3Si/c1-16(2,3)22-15(20)19-11-9-18(10-12-19)13-14-21-23(7,8)17(4,5)6/h9-14H2,1-8H3. The molecular formula is C17H36N2O3Si. The minimum Gasteiger partial charge on any atom is -0.444 e. The first-order chi connectivity index (χ1) is 10.3. The fourth-order valence-electron chi connectivity index (χ4n) is 2.13. The Balaban J connectivity index is 2.31. The highest BCUT2D eigenvalue weighted by Crippen LogP contribution is 2.36. The molecule has 5 nitrogen and oxygen atoms in total. The van der Waals surface area contributed by atoms with Crippen molar-refractivity contribution in [3.63, 3.8) is 0 Å². The summed E-state index contributed by atoms with van der Waals surface area (Å²) in [5, 5.41) is 0.252. The lowest BCUT2D eigenvalue weighted by Gasteiger charge is -2.38. The Morgan fingerprint density at radius 2 is 1.52 bits per heavy atom. The van der Waals surface area contributed by atoms with Crippen LogP contribution in [0.25, 0.3) is 0 Å². The second-order valence-corrected chi connectivity index (χ2v) is 13.7. The van der Waals surface area contributed by atoms with Crippen LogP contribution in [0.5, 0.6) is 0 Å². The normalized spacial score (nSPS) is 18.2. The molecular weight excluding hydrogens is 308 g/mol. The van der Waals surface area contributed by atoms with Crippen LogP contribution < -0.4 is 0 Å². The van der Waals surface area contributed by atoms with E-state index in [4.69, 9.17) is 9.16 Å². The molecule has 0 unspecified atom stereocenters. The molecule has 1 heterocycles. The molecule has 0 aliphatic carbocycles. The molecule has 1 fully saturated rings. The third-order valence-corrected chi connectivity index (χ3v) is 9.24. The van der Waals surface area contributed by atoms with Crippen molar-refractivity contribution in [2.24, 2.45) is 0 Å². The summed E-state index contributed by atoms with van der Waals surface area (Å²) < 4.78 is 11.7. The second-order valence-electron chi connectivity index (χ2n) is 8.92. The topological polar surface area (TPSA) is 42.0 Å². The fraction of sp³-hybridized carbons (Fsp3) is 0.941. The van der Waals surface area contributed by atoms with Crippen molar-refractivity contribution in [2.45, 2.75) is 65.3 Å². The summed E-state index contributed by atoms with van der Waals surface area (Å²) >= 11 is 0. The van der Waals surface area contributed by atoms with E-state index in [9.17, 15) is 4.79 Å². The maximum atomic E-state index is 12.0. The third kappa shape index (κ3) is 6.81. The number of amides is 1. The van der Waals surface area contributed by atoms with Crippen molar-refractivity contribution in [3.8, 4) is 0 Å². The van der Waals surface area contributed by atoms with Gasteiger partial charge in [-0.1, -0.05) is 20.8 Å². The average molecular weight is 345 g/mol. The lowest BCUT2D eigenvalue weighted by atomic mass is 10.2. The van der Waals surface area contributed by atoms with Gasteiger partial charge < -0.3 is 14.1 Å². The number of carbonyl (C=O) groups excluding carboxylic acids is 1. The quantitative estimate of drug-likeness (QED) is 0.731. The van der Waals surface area contributed by atoms with Crippen molar-refractivity contribution < 1.29 is 14.0 Å². The van der Waals surface area contributed by atoms with Gasteiger partial charge in [0.05, 0.1) is 0 Å². The molecule has 0 bridgehead atoms. The summed E-state index contributed by atoms with van der Waals surface area (Å²) in [6.45, 7) is 22.0. The zero-order valence-electron chi connectivity index (χ0n) is 16.4. The van der Waals surface area contributed by atoms with E-state index in [1.54, 1.807) is 4.90 Å². The number of nitrogens with zero attached hydrogens (tertiary/aromatic N) is 2. The maximum Gasteiger partial charge on any atom is 0.410 e. The van der Waals surface area contributed by atoms with Crippen LogP contribution in [0.2, 0.25) is 18.1 Å². The summed E-state index contributed by atoms with van der Waals surface area (Å²) in [4.78, 5) is 16.2. The molecule has 0 aromatic carbocycles. The zero-order chi connectivity index (χ0) is 17.9. The Kier molecular flexibility index (Phi) is 6.70. The van der Waals surface area contributed by atoms with Gasteiger partial charge in [0.1, 0.15) is 5.60 Å². The van der Waals surface area contributed by atoms with Gasteiger partial charge in [0, 0.05) is 39.3 Å². The van der Waals surface area contributed by atoms with Crippen LogP contribution in [0.15, 0.2) is 0 Å². The number of ether oxygens (including phenoxy) is 1. The zero-order valence-corrected chi connectivity index (χ0v) is 17.4. The lowest BCUT2D eigenvalue weighted by Crippen LogP contribution is -2.51. The number of rotatable bonds is 4. The van der Waals surface area contributed by atoms with Gasteiger partial charge in [0.25, 0.3) is 0 Å². The molecule has 0 spiro atoms. The molecule has 1 rings (SSSR count). The smallest absolute Gasteiger partial charge is 0.410 e. The average Bonchev–Trinajstić information content (AvgIpc) is 2.36. The molecule has 0 N–H and O–H groups in total. The van der Waals surface area contributed by atoms with Gasteiger partial charge >= 0.3 is 6.09 Å². The Morgan fingerprint density at radius 1 is 1.00 bits per heavy atom. The maximum absolute atomic E-state index is 12.0. The molecule has 1 aliphatic heterocycles. The SMILES string of the molecule is CC(C)(C)OC(=O)N1CCN(CCO[Si](C)(C)C(C)(C)C)CC1. The number of carbonyl (C=O) groups is 1. The largest absolute Gasteiger partial charge is 0.444 e.